The van der Waals surface area contributed by atoms with Crippen LogP contribution in [0.4, 0.5) is 0 Å². The van der Waals surface area contributed by atoms with Crippen molar-refractivity contribution < 1.29 is 4.74 Å². The molecule has 0 bridgehead atoms. The molecule has 1 aliphatic heterocycles. The Bertz CT molecular complexity index is 1900. The van der Waals surface area contributed by atoms with Gasteiger partial charge in [0.15, 0.2) is 0 Å². The number of fused-ring (bicyclic) bond motifs is 6. The number of ether oxygens (including phenoxy) is 1. The SMILES string of the molecule is C1=CC2=CC3OC4=C(CC(c5c6c(c(-c7cccc8ccccc78)c7ccccc57)CCCC6)C=C4)C3C=C2CC1. The fourth-order valence-electron chi connectivity index (χ4n) is 8.43. The highest BCUT2D eigenvalue weighted by atomic mass is 16.5. The molecule has 1 heteroatoms. The average Bonchev–Trinajstić information content (AvgIpc) is 3.39. The van der Waals surface area contributed by atoms with Crippen molar-refractivity contribution in [3.63, 3.8) is 0 Å². The fourth-order valence-corrected chi connectivity index (χ4v) is 8.43. The van der Waals surface area contributed by atoms with Crippen LogP contribution in [0.5, 0.6) is 0 Å². The van der Waals surface area contributed by atoms with Gasteiger partial charge in [0.05, 0.1) is 0 Å². The van der Waals surface area contributed by atoms with E-state index in [0.717, 1.165) is 31.4 Å². The second kappa shape index (κ2) is 9.21. The summed E-state index contributed by atoms with van der Waals surface area (Å²) in [6.07, 6.45) is 22.7. The minimum atomic E-state index is 0.143. The van der Waals surface area contributed by atoms with E-state index in [4.69, 9.17) is 4.74 Å². The van der Waals surface area contributed by atoms with E-state index in [9.17, 15) is 0 Å². The van der Waals surface area contributed by atoms with E-state index in [1.54, 1.807) is 16.7 Å². The molecule has 0 spiro atoms. The molecule has 3 atom stereocenters. The molecule has 5 aliphatic rings. The summed E-state index contributed by atoms with van der Waals surface area (Å²) in [4.78, 5) is 0. The van der Waals surface area contributed by atoms with Crippen LogP contribution in [0.3, 0.4) is 0 Å². The Morgan fingerprint density at radius 3 is 2.44 bits per heavy atom. The van der Waals surface area contributed by atoms with Crippen LogP contribution in [0.15, 0.2) is 126 Å². The van der Waals surface area contributed by atoms with E-state index in [-0.39, 0.29) is 6.10 Å². The van der Waals surface area contributed by atoms with Crippen molar-refractivity contribution in [3.8, 4) is 11.1 Å². The van der Waals surface area contributed by atoms with Gasteiger partial charge in [0.25, 0.3) is 0 Å². The first-order valence-corrected chi connectivity index (χ1v) is 15.6. The van der Waals surface area contributed by atoms with E-state index in [1.807, 2.05) is 0 Å². The molecule has 200 valence electrons. The van der Waals surface area contributed by atoms with E-state index in [0.29, 0.717) is 11.8 Å². The highest BCUT2D eigenvalue weighted by Gasteiger charge is 2.39. The summed E-state index contributed by atoms with van der Waals surface area (Å²) in [5.74, 6) is 1.88. The van der Waals surface area contributed by atoms with Crippen molar-refractivity contribution in [2.24, 2.45) is 5.92 Å². The predicted octanol–water partition coefficient (Wildman–Crippen LogP) is 10.1. The highest BCUT2D eigenvalue weighted by molar-refractivity contribution is 6.08. The van der Waals surface area contributed by atoms with Gasteiger partial charge in [0.1, 0.15) is 11.9 Å². The third-order valence-corrected chi connectivity index (χ3v) is 10.2. The average molecular weight is 531 g/mol. The summed E-state index contributed by atoms with van der Waals surface area (Å²) in [7, 11) is 0. The van der Waals surface area contributed by atoms with Gasteiger partial charge in [-0.3, -0.25) is 0 Å². The Hall–Kier alpha value is -4.10. The molecule has 3 unspecified atom stereocenters. The Balaban J connectivity index is 1.20. The van der Waals surface area contributed by atoms with Crippen LogP contribution in [-0.2, 0) is 17.6 Å². The predicted molar refractivity (Wildman–Crippen MR) is 170 cm³/mol. The van der Waals surface area contributed by atoms with Crippen LogP contribution < -0.4 is 0 Å². The monoisotopic (exact) mass is 530 g/mol. The second-order valence-electron chi connectivity index (χ2n) is 12.4. The molecule has 1 heterocycles. The lowest BCUT2D eigenvalue weighted by Gasteiger charge is -2.31. The summed E-state index contributed by atoms with van der Waals surface area (Å²) in [6, 6.07) is 25.0. The number of benzene rings is 4. The van der Waals surface area contributed by atoms with Crippen molar-refractivity contribution in [3.05, 3.63) is 142 Å². The third-order valence-electron chi connectivity index (χ3n) is 10.2. The van der Waals surface area contributed by atoms with Crippen molar-refractivity contribution >= 4 is 21.5 Å². The minimum Gasteiger partial charge on any atom is -0.485 e. The molecule has 4 aromatic carbocycles. The quantitative estimate of drug-likeness (QED) is 0.250. The molecule has 4 aromatic rings. The normalized spacial score (nSPS) is 24.3. The Morgan fingerprint density at radius 1 is 0.707 bits per heavy atom. The maximum atomic E-state index is 6.56. The Morgan fingerprint density at radius 2 is 1.51 bits per heavy atom. The van der Waals surface area contributed by atoms with Gasteiger partial charge in [0.2, 0.25) is 0 Å². The van der Waals surface area contributed by atoms with Crippen molar-refractivity contribution in [2.75, 3.05) is 0 Å². The zero-order valence-corrected chi connectivity index (χ0v) is 23.4. The summed E-state index contributed by atoms with van der Waals surface area (Å²) >= 11 is 0. The lowest BCUT2D eigenvalue weighted by atomic mass is 9.72. The first-order chi connectivity index (χ1) is 20.3. The van der Waals surface area contributed by atoms with E-state index in [2.05, 4.69) is 103 Å². The van der Waals surface area contributed by atoms with Gasteiger partial charge in [-0.2, -0.15) is 0 Å². The molecular weight excluding hydrogens is 496 g/mol. The van der Waals surface area contributed by atoms with Crippen LogP contribution in [0.2, 0.25) is 0 Å². The Kier molecular flexibility index (Phi) is 5.30. The molecule has 0 saturated carbocycles. The van der Waals surface area contributed by atoms with Crippen LogP contribution in [0, 0.1) is 5.92 Å². The number of rotatable bonds is 2. The van der Waals surface area contributed by atoms with Crippen molar-refractivity contribution in [1.29, 1.82) is 0 Å². The summed E-state index contributed by atoms with van der Waals surface area (Å²) < 4.78 is 6.56. The third kappa shape index (κ3) is 3.61. The topological polar surface area (TPSA) is 9.23 Å². The largest absolute Gasteiger partial charge is 0.485 e. The van der Waals surface area contributed by atoms with Gasteiger partial charge in [-0.05, 0) is 123 Å². The maximum Gasteiger partial charge on any atom is 0.128 e. The first-order valence-electron chi connectivity index (χ1n) is 15.6. The van der Waals surface area contributed by atoms with Crippen LogP contribution in [0.1, 0.15) is 54.7 Å². The lowest BCUT2D eigenvalue weighted by Crippen LogP contribution is -2.21. The van der Waals surface area contributed by atoms with Gasteiger partial charge in [-0.1, -0.05) is 91.0 Å². The minimum absolute atomic E-state index is 0.143. The highest BCUT2D eigenvalue weighted by Crippen LogP contribution is 2.51. The van der Waals surface area contributed by atoms with Crippen LogP contribution in [0.25, 0.3) is 32.7 Å². The molecule has 0 aromatic heterocycles. The molecule has 4 aliphatic carbocycles. The van der Waals surface area contributed by atoms with Crippen molar-refractivity contribution in [1.82, 2.24) is 0 Å². The lowest BCUT2D eigenvalue weighted by molar-refractivity contribution is 0.172. The van der Waals surface area contributed by atoms with Gasteiger partial charge in [-0.15, -0.1) is 0 Å². The molecule has 1 nitrogen and oxygen atoms in total. The molecule has 0 radical (unpaired) electrons. The molecule has 0 N–H and O–H groups in total. The number of allylic oxidation sites excluding steroid dienone is 6. The summed E-state index contributed by atoms with van der Waals surface area (Å²) in [5, 5.41) is 5.53. The van der Waals surface area contributed by atoms with E-state index in [1.165, 1.54) is 68.7 Å². The number of hydrogen-bond acceptors (Lipinski definition) is 1. The second-order valence-corrected chi connectivity index (χ2v) is 12.4. The van der Waals surface area contributed by atoms with Gasteiger partial charge in [-0.25, -0.2) is 0 Å². The first kappa shape index (κ1) is 23.6. The van der Waals surface area contributed by atoms with Gasteiger partial charge < -0.3 is 4.74 Å². The zero-order chi connectivity index (χ0) is 26.9. The molecule has 0 saturated heterocycles. The molecule has 9 rings (SSSR count). The Labute approximate surface area is 242 Å². The molecule has 41 heavy (non-hydrogen) atoms. The van der Waals surface area contributed by atoms with Crippen LogP contribution in [-0.4, -0.2) is 6.10 Å². The fraction of sp³-hybridized carbons (Fsp3) is 0.250. The summed E-state index contributed by atoms with van der Waals surface area (Å²) in [6.45, 7) is 0. The smallest absolute Gasteiger partial charge is 0.128 e. The maximum absolute atomic E-state index is 6.56. The van der Waals surface area contributed by atoms with Gasteiger partial charge in [0, 0.05) is 11.8 Å². The molecular formula is C40H34O. The van der Waals surface area contributed by atoms with Gasteiger partial charge >= 0.3 is 0 Å². The zero-order valence-electron chi connectivity index (χ0n) is 23.4. The molecule has 0 amide bonds. The van der Waals surface area contributed by atoms with E-state index < -0.39 is 0 Å². The van der Waals surface area contributed by atoms with Crippen LogP contribution >= 0.6 is 0 Å². The number of hydrogen-bond donors (Lipinski definition) is 0. The van der Waals surface area contributed by atoms with E-state index >= 15 is 0 Å². The summed E-state index contributed by atoms with van der Waals surface area (Å²) in [5.41, 5.74) is 12.0. The van der Waals surface area contributed by atoms with Crippen molar-refractivity contribution in [2.45, 2.75) is 57.0 Å². The standard InChI is InChI=1S/C40H34O/c1-2-12-27-24-38-36(22-26(27)11-1)35-23-28(20-21-37(35)41-38)39-31-15-5-7-17-33(31)40(34-18-8-6-16-32(34)39)30-19-9-13-25-10-3-4-14-29(25)30/h2-5,7,9-10,12-15,17,19-22,24,28,36,38H,1,6,8,11,16,18,23H2. The molecule has 0 fully saturated rings.